The molecule has 4 aromatic carbocycles. The highest BCUT2D eigenvalue weighted by Gasteiger charge is 2.10. The third kappa shape index (κ3) is 8.23. The van der Waals surface area contributed by atoms with Crippen molar-refractivity contribution in [3.05, 3.63) is 134 Å². The highest BCUT2D eigenvalue weighted by atomic mass is 79.9. The Hall–Kier alpha value is -4.53. The van der Waals surface area contributed by atoms with Gasteiger partial charge in [0, 0.05) is 37.9 Å². The lowest BCUT2D eigenvalue weighted by atomic mass is 10.1. The molecule has 0 aliphatic rings. The average molecular weight is 617 g/mol. The van der Waals surface area contributed by atoms with E-state index < -0.39 is 11.9 Å². The molecule has 0 unspecified atom stereocenters. The summed E-state index contributed by atoms with van der Waals surface area (Å²) in [5.41, 5.74) is 5.96. The fraction of sp³-hybridized carbons (Fsp3) is 0.0323. The van der Waals surface area contributed by atoms with Crippen LogP contribution < -0.4 is 15.5 Å². The standard InChI is InChI=1S/C31H23BrClN3O4/c1-20-4-2-5-22(16-20)30(38)35-27-7-3-6-23(18-27)31(39)36-34-19-24-17-25(32)11-14-28(24)40-29(37)15-10-21-8-12-26(33)13-9-21/h2-19H,1H3,(H,35,38)(H,36,39)/b15-10+,34-19?. The molecule has 2 amide bonds. The van der Waals surface area contributed by atoms with Crippen LogP contribution in [0.4, 0.5) is 5.69 Å². The second-order valence-corrected chi connectivity index (χ2v) is 9.94. The van der Waals surface area contributed by atoms with E-state index in [2.05, 4.69) is 31.8 Å². The Morgan fingerprint density at radius 3 is 2.35 bits per heavy atom. The first-order chi connectivity index (χ1) is 19.3. The van der Waals surface area contributed by atoms with Crippen molar-refractivity contribution in [1.29, 1.82) is 0 Å². The average Bonchev–Trinajstić information content (AvgIpc) is 2.94. The molecule has 4 aromatic rings. The first-order valence-electron chi connectivity index (χ1n) is 12.0. The Kier molecular flexibility index (Phi) is 9.62. The maximum Gasteiger partial charge on any atom is 0.336 e. The Morgan fingerprint density at radius 1 is 0.875 bits per heavy atom. The van der Waals surface area contributed by atoms with Crippen LogP contribution in [0.5, 0.6) is 5.75 Å². The van der Waals surface area contributed by atoms with Gasteiger partial charge in [0.05, 0.1) is 6.21 Å². The predicted molar refractivity (Wildman–Crippen MR) is 161 cm³/mol. The van der Waals surface area contributed by atoms with Crippen molar-refractivity contribution in [2.24, 2.45) is 5.10 Å². The number of anilines is 1. The SMILES string of the molecule is Cc1cccc(C(=O)Nc2cccc(C(=O)NN=Cc3cc(Br)ccc3OC(=O)/C=C/c3ccc(Cl)cc3)c2)c1. The van der Waals surface area contributed by atoms with Gasteiger partial charge in [-0.1, -0.05) is 63.4 Å². The zero-order valence-corrected chi connectivity index (χ0v) is 23.6. The molecule has 9 heteroatoms. The van der Waals surface area contributed by atoms with Gasteiger partial charge >= 0.3 is 5.97 Å². The molecule has 0 radical (unpaired) electrons. The fourth-order valence-corrected chi connectivity index (χ4v) is 4.05. The van der Waals surface area contributed by atoms with E-state index in [1.165, 1.54) is 12.3 Å². The van der Waals surface area contributed by atoms with Gasteiger partial charge in [-0.3, -0.25) is 9.59 Å². The zero-order valence-electron chi connectivity index (χ0n) is 21.2. The normalized spacial score (nSPS) is 11.0. The number of esters is 1. The molecule has 0 bridgehead atoms. The summed E-state index contributed by atoms with van der Waals surface area (Å²) in [6.07, 6.45) is 4.29. The Morgan fingerprint density at radius 2 is 1.60 bits per heavy atom. The summed E-state index contributed by atoms with van der Waals surface area (Å²) in [7, 11) is 0. The van der Waals surface area contributed by atoms with Gasteiger partial charge in [0.1, 0.15) is 5.75 Å². The lowest BCUT2D eigenvalue weighted by Crippen LogP contribution is -2.18. The zero-order chi connectivity index (χ0) is 28.5. The predicted octanol–water partition coefficient (Wildman–Crippen LogP) is 7.05. The minimum Gasteiger partial charge on any atom is -0.423 e. The second kappa shape index (κ2) is 13.5. The van der Waals surface area contributed by atoms with E-state index in [4.69, 9.17) is 16.3 Å². The molecule has 40 heavy (non-hydrogen) atoms. The Bertz CT molecular complexity index is 1620. The number of hydrogen-bond acceptors (Lipinski definition) is 5. The smallest absolute Gasteiger partial charge is 0.336 e. The summed E-state index contributed by atoms with van der Waals surface area (Å²) in [5, 5.41) is 7.42. The summed E-state index contributed by atoms with van der Waals surface area (Å²) >= 11 is 9.27. The van der Waals surface area contributed by atoms with Crippen LogP contribution in [0.15, 0.2) is 107 Å². The van der Waals surface area contributed by atoms with Gasteiger partial charge in [-0.05, 0) is 79.2 Å². The molecule has 0 saturated carbocycles. The molecule has 0 spiro atoms. The number of halogens is 2. The molecule has 0 heterocycles. The van der Waals surface area contributed by atoms with Gasteiger partial charge in [-0.2, -0.15) is 5.10 Å². The lowest BCUT2D eigenvalue weighted by Gasteiger charge is -2.08. The van der Waals surface area contributed by atoms with Gasteiger partial charge in [-0.15, -0.1) is 0 Å². The Labute approximate surface area is 244 Å². The molecule has 4 rings (SSSR count). The van der Waals surface area contributed by atoms with Crippen LogP contribution in [-0.4, -0.2) is 24.0 Å². The summed E-state index contributed by atoms with van der Waals surface area (Å²) < 4.78 is 6.20. The molecule has 0 saturated heterocycles. The van der Waals surface area contributed by atoms with Crippen molar-refractivity contribution in [2.45, 2.75) is 6.92 Å². The summed E-state index contributed by atoms with van der Waals surface area (Å²) in [4.78, 5) is 37.6. The van der Waals surface area contributed by atoms with Crippen LogP contribution in [0.2, 0.25) is 5.02 Å². The van der Waals surface area contributed by atoms with Gasteiger partial charge in [0.15, 0.2) is 0 Å². The van der Waals surface area contributed by atoms with Crippen LogP contribution in [0, 0.1) is 6.92 Å². The van der Waals surface area contributed by atoms with Gasteiger partial charge < -0.3 is 10.1 Å². The van der Waals surface area contributed by atoms with Crippen LogP contribution in [-0.2, 0) is 4.79 Å². The van der Waals surface area contributed by atoms with Gasteiger partial charge in [0.2, 0.25) is 0 Å². The molecule has 7 nitrogen and oxygen atoms in total. The number of amides is 2. The van der Waals surface area contributed by atoms with E-state index in [1.807, 2.05) is 19.1 Å². The monoisotopic (exact) mass is 615 g/mol. The highest BCUT2D eigenvalue weighted by Crippen LogP contribution is 2.22. The fourth-order valence-electron chi connectivity index (χ4n) is 3.55. The minimum atomic E-state index is -0.583. The third-order valence-electron chi connectivity index (χ3n) is 5.50. The number of hydrogen-bond donors (Lipinski definition) is 2. The number of benzene rings is 4. The van der Waals surface area contributed by atoms with Crippen molar-refractivity contribution in [2.75, 3.05) is 5.32 Å². The molecule has 0 aromatic heterocycles. The van der Waals surface area contributed by atoms with Crippen LogP contribution in [0.25, 0.3) is 6.08 Å². The molecule has 2 N–H and O–H groups in total. The number of rotatable bonds is 8. The molecule has 0 atom stereocenters. The van der Waals surface area contributed by atoms with Crippen molar-refractivity contribution < 1.29 is 19.1 Å². The minimum absolute atomic E-state index is 0.257. The van der Waals surface area contributed by atoms with Crippen molar-refractivity contribution in [3.8, 4) is 5.75 Å². The maximum absolute atomic E-state index is 12.7. The largest absolute Gasteiger partial charge is 0.423 e. The third-order valence-corrected chi connectivity index (χ3v) is 6.24. The number of nitrogens with one attached hydrogen (secondary N) is 2. The molecule has 0 aliphatic heterocycles. The maximum atomic E-state index is 12.7. The van der Waals surface area contributed by atoms with Crippen LogP contribution in [0.3, 0.4) is 0 Å². The highest BCUT2D eigenvalue weighted by molar-refractivity contribution is 9.10. The van der Waals surface area contributed by atoms with E-state index in [9.17, 15) is 14.4 Å². The summed E-state index contributed by atoms with van der Waals surface area (Å²) in [6, 6.07) is 25.8. The van der Waals surface area contributed by atoms with E-state index in [0.717, 1.165) is 15.6 Å². The summed E-state index contributed by atoms with van der Waals surface area (Å²) in [5.74, 6) is -1.09. The van der Waals surface area contributed by atoms with Gasteiger partial charge in [-0.25, -0.2) is 10.2 Å². The summed E-state index contributed by atoms with van der Waals surface area (Å²) in [6.45, 7) is 1.91. The number of carbonyl (C=O) groups is 3. The van der Waals surface area contributed by atoms with E-state index in [0.29, 0.717) is 27.4 Å². The molecule has 200 valence electrons. The number of hydrazone groups is 1. The van der Waals surface area contributed by atoms with Crippen LogP contribution in [0.1, 0.15) is 37.4 Å². The Balaban J connectivity index is 1.39. The van der Waals surface area contributed by atoms with E-state index in [1.54, 1.807) is 84.9 Å². The number of carbonyl (C=O) groups excluding carboxylic acids is 3. The van der Waals surface area contributed by atoms with Crippen molar-refractivity contribution in [3.63, 3.8) is 0 Å². The van der Waals surface area contributed by atoms with Crippen molar-refractivity contribution >= 4 is 63.3 Å². The van der Waals surface area contributed by atoms with Gasteiger partial charge in [0.25, 0.3) is 11.8 Å². The number of nitrogens with zero attached hydrogens (tertiary/aromatic N) is 1. The van der Waals surface area contributed by atoms with Crippen LogP contribution >= 0.6 is 27.5 Å². The molecule has 0 aliphatic carbocycles. The molecular formula is C31H23BrClN3O4. The van der Waals surface area contributed by atoms with E-state index in [-0.39, 0.29) is 11.7 Å². The van der Waals surface area contributed by atoms with Crippen molar-refractivity contribution in [1.82, 2.24) is 5.43 Å². The second-order valence-electron chi connectivity index (χ2n) is 8.59. The number of ether oxygens (including phenoxy) is 1. The molecular weight excluding hydrogens is 594 g/mol. The first kappa shape index (κ1) is 28.5. The quantitative estimate of drug-likeness (QED) is 0.0729. The lowest BCUT2D eigenvalue weighted by molar-refractivity contribution is -0.128. The van der Waals surface area contributed by atoms with E-state index >= 15 is 0 Å². The number of aryl methyl sites for hydroxylation is 1. The first-order valence-corrected chi connectivity index (χ1v) is 13.2. The topological polar surface area (TPSA) is 96.9 Å². The molecule has 0 fully saturated rings.